The summed E-state index contributed by atoms with van der Waals surface area (Å²) in [7, 11) is 0. The van der Waals surface area contributed by atoms with E-state index < -0.39 is 0 Å². The third-order valence-corrected chi connectivity index (χ3v) is 5.30. The lowest BCUT2D eigenvalue weighted by atomic mass is 10.0. The lowest BCUT2D eigenvalue weighted by Gasteiger charge is -2.13. The van der Waals surface area contributed by atoms with Gasteiger partial charge in [-0.1, -0.05) is 70.5 Å². The van der Waals surface area contributed by atoms with E-state index in [9.17, 15) is 4.79 Å². The lowest BCUT2D eigenvalue weighted by molar-refractivity contribution is 0.105. The third kappa shape index (κ3) is 2.81. The molecule has 3 aromatic rings. The van der Waals surface area contributed by atoms with E-state index in [-0.39, 0.29) is 5.78 Å². The van der Waals surface area contributed by atoms with Gasteiger partial charge in [0.05, 0.1) is 11.3 Å². The Morgan fingerprint density at radius 2 is 1.52 bits per heavy atom. The minimum atomic E-state index is 0.0677. The number of hydrogen-bond donors (Lipinski definition) is 1. The Morgan fingerprint density at radius 3 is 2.24 bits per heavy atom. The van der Waals surface area contributed by atoms with Crippen molar-refractivity contribution in [2.24, 2.45) is 0 Å². The quantitative estimate of drug-likeness (QED) is 0.600. The van der Waals surface area contributed by atoms with Gasteiger partial charge in [0.2, 0.25) is 0 Å². The van der Waals surface area contributed by atoms with Gasteiger partial charge in [0.1, 0.15) is 0 Å². The molecule has 0 saturated carbocycles. The fraction of sp³-hybridized carbons (Fsp3) is 0.0455. The maximum absolute atomic E-state index is 13.0. The van der Waals surface area contributed by atoms with Gasteiger partial charge in [0, 0.05) is 21.3 Å². The fourth-order valence-electron chi connectivity index (χ4n) is 3.16. The molecule has 1 aliphatic rings. The molecule has 0 saturated heterocycles. The molecule has 0 fully saturated rings. The molecule has 1 aliphatic carbocycles. The molecule has 2 nitrogen and oxygen atoms in total. The summed E-state index contributed by atoms with van der Waals surface area (Å²) in [6.45, 7) is 2.05. The average molecular weight is 390 g/mol. The van der Waals surface area contributed by atoms with Crippen molar-refractivity contribution >= 4 is 38.7 Å². The highest BCUT2D eigenvalue weighted by molar-refractivity contribution is 9.10. The summed E-state index contributed by atoms with van der Waals surface area (Å²) >= 11 is 3.53. The van der Waals surface area contributed by atoms with E-state index in [1.807, 2.05) is 66.7 Å². The maximum Gasteiger partial charge on any atom is 0.196 e. The van der Waals surface area contributed by atoms with Crippen LogP contribution in [0.3, 0.4) is 0 Å². The van der Waals surface area contributed by atoms with Crippen molar-refractivity contribution in [1.29, 1.82) is 0 Å². The normalized spacial score (nSPS) is 13.1. The first-order valence-electron chi connectivity index (χ1n) is 8.12. The van der Waals surface area contributed by atoms with Crippen molar-refractivity contribution < 1.29 is 4.79 Å². The van der Waals surface area contributed by atoms with Crippen molar-refractivity contribution in [2.75, 3.05) is 5.32 Å². The number of hydrogen-bond acceptors (Lipinski definition) is 2. The predicted octanol–water partition coefficient (Wildman–Crippen LogP) is 5.93. The molecule has 25 heavy (non-hydrogen) atoms. The maximum atomic E-state index is 13.0. The van der Waals surface area contributed by atoms with Gasteiger partial charge in [-0.15, -0.1) is 0 Å². The summed E-state index contributed by atoms with van der Waals surface area (Å²) in [5, 5.41) is 3.48. The number of halogens is 1. The first kappa shape index (κ1) is 15.9. The first-order chi connectivity index (χ1) is 12.1. The van der Waals surface area contributed by atoms with Crippen molar-refractivity contribution in [3.63, 3.8) is 0 Å². The number of ketones is 1. The molecule has 0 atom stereocenters. The topological polar surface area (TPSA) is 29.1 Å². The van der Waals surface area contributed by atoms with Crippen LogP contribution < -0.4 is 5.32 Å². The number of allylic oxidation sites excluding steroid dienone is 1. The van der Waals surface area contributed by atoms with Crippen molar-refractivity contribution in [3.05, 3.63) is 99.5 Å². The molecule has 0 amide bonds. The van der Waals surface area contributed by atoms with Crippen LogP contribution in [0.25, 0.3) is 11.3 Å². The van der Waals surface area contributed by atoms with E-state index in [0.29, 0.717) is 0 Å². The van der Waals surface area contributed by atoms with Crippen LogP contribution in [-0.2, 0) is 0 Å². The minimum Gasteiger partial charge on any atom is -0.354 e. The highest BCUT2D eigenvalue weighted by Crippen LogP contribution is 2.39. The molecule has 0 bridgehead atoms. The second-order valence-electron chi connectivity index (χ2n) is 6.08. The molecule has 1 N–H and O–H groups in total. The summed E-state index contributed by atoms with van der Waals surface area (Å²) in [6, 6.07) is 23.7. The van der Waals surface area contributed by atoms with Crippen LogP contribution >= 0.6 is 15.9 Å². The molecule has 3 aromatic carbocycles. The van der Waals surface area contributed by atoms with E-state index in [0.717, 1.165) is 43.7 Å². The third-order valence-electron chi connectivity index (χ3n) is 4.41. The molecule has 0 unspecified atom stereocenters. The van der Waals surface area contributed by atoms with Crippen LogP contribution in [0.15, 0.2) is 77.3 Å². The Hall–Kier alpha value is -2.65. The highest BCUT2D eigenvalue weighted by Gasteiger charge is 2.30. The number of anilines is 1. The standard InChI is InChI=1S/C22H16BrNO/c1-14-13-16(11-12-19(14)23)24-21-17-9-5-6-10-18(17)22(25)20(21)15-7-3-2-4-8-15/h2-13,24H,1H3. The lowest BCUT2D eigenvalue weighted by Crippen LogP contribution is -2.01. The number of nitrogens with one attached hydrogen (secondary N) is 1. The number of Topliss-reactive ketones (excluding diaryl/α,β-unsaturated/α-hetero) is 1. The summed E-state index contributed by atoms with van der Waals surface area (Å²) < 4.78 is 1.07. The number of fused-ring (bicyclic) bond motifs is 1. The van der Waals surface area contributed by atoms with E-state index in [4.69, 9.17) is 0 Å². The van der Waals surface area contributed by atoms with E-state index >= 15 is 0 Å². The molecule has 0 spiro atoms. The molecule has 0 radical (unpaired) electrons. The highest BCUT2D eigenvalue weighted by atomic mass is 79.9. The average Bonchev–Trinajstić information content (AvgIpc) is 2.91. The Kier molecular flexibility index (Phi) is 4.02. The number of carbonyl (C=O) groups excluding carboxylic acids is 1. The van der Waals surface area contributed by atoms with Crippen LogP contribution in [0.1, 0.15) is 27.0 Å². The number of aryl methyl sites for hydroxylation is 1. The summed E-state index contributed by atoms with van der Waals surface area (Å²) in [5.74, 6) is 0.0677. The summed E-state index contributed by atoms with van der Waals surface area (Å²) in [5.41, 5.74) is 6.33. The smallest absolute Gasteiger partial charge is 0.196 e. The predicted molar refractivity (Wildman–Crippen MR) is 107 cm³/mol. The summed E-state index contributed by atoms with van der Waals surface area (Å²) in [6.07, 6.45) is 0. The monoisotopic (exact) mass is 389 g/mol. The van der Waals surface area contributed by atoms with Crippen LogP contribution in [0.4, 0.5) is 5.69 Å². The molecular weight excluding hydrogens is 374 g/mol. The Labute approximate surface area is 155 Å². The van der Waals surface area contributed by atoms with Gasteiger partial charge in [-0.25, -0.2) is 0 Å². The van der Waals surface area contributed by atoms with Gasteiger partial charge in [0.15, 0.2) is 5.78 Å². The number of rotatable bonds is 3. The van der Waals surface area contributed by atoms with Crippen molar-refractivity contribution in [1.82, 2.24) is 0 Å². The molecule has 122 valence electrons. The Bertz CT molecular complexity index is 1010. The van der Waals surface area contributed by atoms with Crippen LogP contribution in [0.2, 0.25) is 0 Å². The largest absolute Gasteiger partial charge is 0.354 e. The Balaban J connectivity index is 1.88. The second-order valence-corrected chi connectivity index (χ2v) is 6.93. The van der Waals surface area contributed by atoms with Crippen LogP contribution in [-0.4, -0.2) is 5.78 Å². The summed E-state index contributed by atoms with van der Waals surface area (Å²) in [4.78, 5) is 13.0. The minimum absolute atomic E-state index is 0.0677. The number of carbonyl (C=O) groups is 1. The SMILES string of the molecule is Cc1cc(NC2=C(c3ccccc3)C(=O)c3ccccc32)ccc1Br. The Morgan fingerprint density at radius 1 is 0.840 bits per heavy atom. The zero-order chi connectivity index (χ0) is 17.4. The second kappa shape index (κ2) is 6.34. The van der Waals surface area contributed by atoms with Crippen molar-refractivity contribution in [3.8, 4) is 0 Å². The van der Waals surface area contributed by atoms with E-state index in [1.165, 1.54) is 0 Å². The molecule has 0 aromatic heterocycles. The van der Waals surface area contributed by atoms with Gasteiger partial charge in [-0.05, 0) is 36.2 Å². The van der Waals surface area contributed by atoms with Gasteiger partial charge < -0.3 is 5.32 Å². The molecule has 0 heterocycles. The molecule has 0 aliphatic heterocycles. The molecule has 3 heteroatoms. The van der Waals surface area contributed by atoms with Gasteiger partial charge in [0.25, 0.3) is 0 Å². The molecular formula is C22H16BrNO. The van der Waals surface area contributed by atoms with Crippen molar-refractivity contribution in [2.45, 2.75) is 6.92 Å². The zero-order valence-corrected chi connectivity index (χ0v) is 15.3. The van der Waals surface area contributed by atoms with Gasteiger partial charge in [-0.3, -0.25) is 4.79 Å². The van der Waals surface area contributed by atoms with Gasteiger partial charge in [-0.2, -0.15) is 0 Å². The van der Waals surface area contributed by atoms with E-state index in [2.05, 4.69) is 34.2 Å². The number of benzene rings is 3. The van der Waals surface area contributed by atoms with Crippen LogP contribution in [0.5, 0.6) is 0 Å². The zero-order valence-electron chi connectivity index (χ0n) is 13.7. The molecule has 4 rings (SSSR count). The van der Waals surface area contributed by atoms with Gasteiger partial charge >= 0.3 is 0 Å². The first-order valence-corrected chi connectivity index (χ1v) is 8.91. The van der Waals surface area contributed by atoms with E-state index in [1.54, 1.807) is 0 Å². The van der Waals surface area contributed by atoms with Crippen LogP contribution in [0, 0.1) is 6.92 Å². The fourth-order valence-corrected chi connectivity index (χ4v) is 3.41.